The van der Waals surface area contributed by atoms with Gasteiger partial charge < -0.3 is 23.9 Å². The minimum atomic E-state index is -1.56. The number of aryl methyl sites for hydroxylation is 1. The summed E-state index contributed by atoms with van der Waals surface area (Å²) in [4.78, 5) is 47.2. The Balaban J connectivity index is 1.77. The first kappa shape index (κ1) is 31.6. The summed E-state index contributed by atoms with van der Waals surface area (Å²) in [6.07, 6.45) is 3.09. The van der Waals surface area contributed by atoms with Crippen LogP contribution in [0.3, 0.4) is 0 Å². The third-order valence-corrected chi connectivity index (χ3v) is 9.09. The van der Waals surface area contributed by atoms with Crippen LogP contribution in [0, 0.1) is 12.7 Å². The first-order valence-electron chi connectivity index (χ1n) is 14.5. The zero-order valence-electron chi connectivity index (χ0n) is 25.6. The molecule has 0 spiro atoms. The Hall–Kier alpha value is -3.81. The Morgan fingerprint density at radius 2 is 1.98 bits per heavy atom. The number of carbonyl (C=O) groups is 1. The van der Waals surface area contributed by atoms with E-state index in [2.05, 4.69) is 10.3 Å². The van der Waals surface area contributed by atoms with Crippen LogP contribution in [0.15, 0.2) is 44.7 Å². The van der Waals surface area contributed by atoms with Crippen LogP contribution in [0.5, 0.6) is 5.75 Å². The van der Waals surface area contributed by atoms with Gasteiger partial charge >= 0.3 is 5.69 Å². The number of rotatable bonds is 10. The van der Waals surface area contributed by atoms with E-state index in [0.717, 1.165) is 4.57 Å². The van der Waals surface area contributed by atoms with Crippen LogP contribution in [-0.2, 0) is 26.4 Å². The fourth-order valence-electron chi connectivity index (χ4n) is 5.46. The first-order valence-corrected chi connectivity index (χ1v) is 15.3. The number of hydrogen-bond donors (Lipinski definition) is 1. The van der Waals surface area contributed by atoms with Gasteiger partial charge in [-0.05, 0) is 71.2 Å². The van der Waals surface area contributed by atoms with Gasteiger partial charge in [-0.3, -0.25) is 14.2 Å². The van der Waals surface area contributed by atoms with E-state index < -0.39 is 34.6 Å². The third kappa shape index (κ3) is 5.95. The molecule has 0 radical (unpaired) electrons. The van der Waals surface area contributed by atoms with Crippen LogP contribution in [0.4, 0.5) is 4.39 Å². The van der Waals surface area contributed by atoms with Gasteiger partial charge in [0, 0.05) is 24.8 Å². The van der Waals surface area contributed by atoms with E-state index in [4.69, 9.17) is 18.6 Å². The number of fused-ring (bicyclic) bond motifs is 1. The summed E-state index contributed by atoms with van der Waals surface area (Å²) < 4.78 is 40.3. The van der Waals surface area contributed by atoms with Crippen LogP contribution in [0.1, 0.15) is 57.8 Å². The lowest BCUT2D eigenvalue weighted by Crippen LogP contribution is -2.56. The number of hydrogen-bond acceptors (Lipinski definition) is 9. The van der Waals surface area contributed by atoms with Gasteiger partial charge in [0.15, 0.2) is 0 Å². The fourth-order valence-corrected chi connectivity index (χ4v) is 6.70. The Morgan fingerprint density at radius 3 is 2.61 bits per heavy atom. The van der Waals surface area contributed by atoms with Crippen LogP contribution in [0.25, 0.3) is 21.0 Å². The zero-order valence-corrected chi connectivity index (χ0v) is 26.5. The van der Waals surface area contributed by atoms with E-state index in [-0.39, 0.29) is 24.1 Å². The molecule has 1 N–H and O–H groups in total. The van der Waals surface area contributed by atoms with Crippen LogP contribution in [-0.4, -0.2) is 52.5 Å². The van der Waals surface area contributed by atoms with Gasteiger partial charge in [0.1, 0.15) is 34.3 Å². The molecule has 1 amide bonds. The number of amides is 1. The van der Waals surface area contributed by atoms with Crippen molar-refractivity contribution in [1.29, 1.82) is 0 Å². The number of carbonyl (C=O) groups excluding carboxylic acids is 1. The van der Waals surface area contributed by atoms with Crippen molar-refractivity contribution in [3.05, 3.63) is 68.4 Å². The van der Waals surface area contributed by atoms with Crippen molar-refractivity contribution in [2.45, 2.75) is 77.8 Å². The molecule has 0 unspecified atom stereocenters. The van der Waals surface area contributed by atoms with Crippen molar-refractivity contribution in [1.82, 2.24) is 19.4 Å². The summed E-state index contributed by atoms with van der Waals surface area (Å²) in [6, 6.07) is 3.92. The smallest absolute Gasteiger partial charge is 0.333 e. The second-order valence-corrected chi connectivity index (χ2v) is 12.6. The van der Waals surface area contributed by atoms with Gasteiger partial charge in [0.2, 0.25) is 11.8 Å². The lowest BCUT2D eigenvalue weighted by atomic mass is 10.0. The Kier molecular flexibility index (Phi) is 9.10. The summed E-state index contributed by atoms with van der Waals surface area (Å²) in [5.74, 6) is -0.290. The standard InChI is InChI=1S/C31H37FN4O7S/c1-17(2)34-29(38)31(4,5)36-27(37)24-18(3)25(26-33-11-14-42-26)44-28(24)35(30(36)39)16-23(43-20-9-12-41-13-10-20)21-15-19(32)7-8-22(21)40-6/h7-8,11,14-15,17,20,23H,9-10,12-13,16H2,1-6H3,(H,34,38)/t23-/m0/s1. The molecule has 1 atom stereocenters. The highest BCUT2D eigenvalue weighted by Gasteiger charge is 2.37. The second kappa shape index (κ2) is 12.7. The molecule has 1 aliphatic rings. The Labute approximate surface area is 257 Å². The predicted octanol–water partition coefficient (Wildman–Crippen LogP) is 4.53. The first-order chi connectivity index (χ1) is 20.9. The Morgan fingerprint density at radius 1 is 1.25 bits per heavy atom. The van der Waals surface area contributed by atoms with Crippen LogP contribution in [0.2, 0.25) is 0 Å². The number of benzene rings is 1. The molecule has 1 saturated heterocycles. The van der Waals surface area contributed by atoms with Gasteiger partial charge in [-0.25, -0.2) is 18.7 Å². The van der Waals surface area contributed by atoms with Crippen molar-refractivity contribution in [3.8, 4) is 16.5 Å². The van der Waals surface area contributed by atoms with Crippen molar-refractivity contribution in [3.63, 3.8) is 0 Å². The normalized spacial score (nSPS) is 15.2. The molecule has 1 aromatic carbocycles. The summed E-state index contributed by atoms with van der Waals surface area (Å²) in [5.41, 5.74) is -1.90. The molecule has 3 aromatic heterocycles. The molecular formula is C31H37FN4O7S. The summed E-state index contributed by atoms with van der Waals surface area (Å²) in [7, 11) is 1.48. The van der Waals surface area contributed by atoms with Crippen molar-refractivity contribution in [2.75, 3.05) is 20.3 Å². The summed E-state index contributed by atoms with van der Waals surface area (Å²) in [6.45, 7) is 9.34. The van der Waals surface area contributed by atoms with E-state index >= 15 is 0 Å². The molecule has 5 rings (SSSR count). The number of halogens is 1. The van der Waals surface area contributed by atoms with Gasteiger partial charge in [0.25, 0.3) is 5.56 Å². The van der Waals surface area contributed by atoms with Crippen molar-refractivity contribution in [2.24, 2.45) is 0 Å². The molecule has 13 heteroatoms. The zero-order chi connectivity index (χ0) is 31.8. The summed E-state index contributed by atoms with van der Waals surface area (Å²) >= 11 is 1.18. The molecule has 1 fully saturated rings. The molecule has 1 aliphatic heterocycles. The van der Waals surface area contributed by atoms with Gasteiger partial charge in [0.05, 0.1) is 36.2 Å². The maximum absolute atomic E-state index is 14.7. The van der Waals surface area contributed by atoms with Gasteiger partial charge in [-0.2, -0.15) is 0 Å². The monoisotopic (exact) mass is 628 g/mol. The summed E-state index contributed by atoms with van der Waals surface area (Å²) in [5, 5.41) is 3.08. The predicted molar refractivity (Wildman–Crippen MR) is 164 cm³/mol. The minimum absolute atomic E-state index is 0.0976. The van der Waals surface area contributed by atoms with E-state index in [1.165, 1.54) is 67.5 Å². The average molecular weight is 629 g/mol. The highest BCUT2D eigenvalue weighted by atomic mass is 32.1. The van der Waals surface area contributed by atoms with E-state index in [1.807, 2.05) is 0 Å². The number of thiophene rings is 1. The Bertz CT molecular complexity index is 1770. The second-order valence-electron chi connectivity index (χ2n) is 11.6. The van der Waals surface area contributed by atoms with Gasteiger partial charge in [-0.1, -0.05) is 0 Å². The average Bonchev–Trinajstić information content (AvgIpc) is 3.63. The quantitative estimate of drug-likeness (QED) is 0.272. The minimum Gasteiger partial charge on any atom is -0.496 e. The van der Waals surface area contributed by atoms with Gasteiger partial charge in [-0.15, -0.1) is 11.3 Å². The molecule has 4 aromatic rings. The van der Waals surface area contributed by atoms with Crippen LogP contribution < -0.4 is 21.3 Å². The molecule has 236 valence electrons. The highest BCUT2D eigenvalue weighted by Crippen LogP contribution is 2.38. The molecule has 44 heavy (non-hydrogen) atoms. The van der Waals surface area contributed by atoms with Crippen molar-refractivity contribution >= 4 is 27.5 Å². The maximum Gasteiger partial charge on any atom is 0.333 e. The largest absolute Gasteiger partial charge is 0.496 e. The number of nitrogens with zero attached hydrogens (tertiary/aromatic N) is 3. The molecule has 0 saturated carbocycles. The third-order valence-electron chi connectivity index (χ3n) is 7.79. The molecule has 0 aliphatic carbocycles. The number of methoxy groups -OCH3 is 1. The lowest BCUT2D eigenvalue weighted by molar-refractivity contribution is -0.129. The lowest BCUT2D eigenvalue weighted by Gasteiger charge is -2.31. The number of ether oxygens (including phenoxy) is 3. The molecule has 4 heterocycles. The van der Waals surface area contributed by atoms with E-state index in [9.17, 15) is 18.8 Å². The molecule has 11 nitrogen and oxygen atoms in total. The number of oxazole rings is 1. The van der Waals surface area contributed by atoms with E-state index in [1.54, 1.807) is 20.8 Å². The van der Waals surface area contributed by atoms with Crippen LogP contribution >= 0.6 is 11.3 Å². The SMILES string of the molecule is COc1ccc(F)cc1[C@H](Cn1c(=O)n(C(C)(C)C(=O)NC(C)C)c(=O)c2c(C)c(-c3ncco3)sc21)OC1CCOCC1. The topological polar surface area (TPSA) is 127 Å². The number of aromatic nitrogens is 3. The van der Waals surface area contributed by atoms with E-state index in [0.29, 0.717) is 58.5 Å². The fraction of sp³-hybridized carbons (Fsp3) is 0.484. The van der Waals surface area contributed by atoms with Crippen molar-refractivity contribution < 1.29 is 27.8 Å². The maximum atomic E-state index is 14.7. The molecule has 0 bridgehead atoms. The highest BCUT2D eigenvalue weighted by molar-refractivity contribution is 7.22. The number of nitrogens with one attached hydrogen (secondary N) is 1. The molecular weight excluding hydrogens is 591 g/mol.